The van der Waals surface area contributed by atoms with E-state index >= 15 is 0 Å². The van der Waals surface area contributed by atoms with E-state index in [1.54, 1.807) is 0 Å². The number of carbonyl (C=O) groups excluding carboxylic acids is 1. The van der Waals surface area contributed by atoms with E-state index in [-0.39, 0.29) is 18.4 Å². The van der Waals surface area contributed by atoms with Crippen molar-refractivity contribution in [3.05, 3.63) is 0 Å². The molecule has 0 spiro atoms. The topological polar surface area (TPSA) is 123 Å². The van der Waals surface area contributed by atoms with Crippen molar-refractivity contribution in [2.75, 3.05) is 26.3 Å². The smallest absolute Gasteiger partial charge is 0.243 e. The molecule has 1 amide bonds. The van der Waals surface area contributed by atoms with E-state index in [1.807, 2.05) is 6.92 Å². The number of hydrogen-bond acceptors (Lipinski definition) is 5. The zero-order chi connectivity index (χ0) is 11.7. The number of oxime groups is 1. The number of rotatable bonds is 8. The van der Waals surface area contributed by atoms with Crippen LogP contribution in [0.2, 0.25) is 0 Å². The van der Waals surface area contributed by atoms with E-state index in [9.17, 15) is 4.79 Å². The van der Waals surface area contributed by atoms with Gasteiger partial charge >= 0.3 is 0 Å². The summed E-state index contributed by atoms with van der Waals surface area (Å²) in [7, 11) is 0. The van der Waals surface area contributed by atoms with Gasteiger partial charge in [-0.2, -0.15) is 0 Å². The first-order valence-electron chi connectivity index (χ1n) is 4.62. The summed E-state index contributed by atoms with van der Waals surface area (Å²) in [5, 5.41) is 14.3. The van der Waals surface area contributed by atoms with E-state index in [4.69, 9.17) is 21.4 Å². The summed E-state index contributed by atoms with van der Waals surface area (Å²) in [4.78, 5) is 10.3. The Kier molecular flexibility index (Phi) is 7.29. The third kappa shape index (κ3) is 7.71. The number of primary amides is 1. The van der Waals surface area contributed by atoms with Gasteiger partial charge in [-0.25, -0.2) is 0 Å². The molecule has 1 atom stereocenters. The fourth-order valence-electron chi connectivity index (χ4n) is 0.839. The molecule has 0 heterocycles. The van der Waals surface area contributed by atoms with Crippen LogP contribution in [0.4, 0.5) is 0 Å². The summed E-state index contributed by atoms with van der Waals surface area (Å²) in [6, 6.07) is 0. The summed E-state index contributed by atoms with van der Waals surface area (Å²) >= 11 is 0. The number of carbonyl (C=O) groups is 1. The highest BCUT2D eigenvalue weighted by Crippen LogP contribution is 1.91. The minimum Gasteiger partial charge on any atom is -0.409 e. The lowest BCUT2D eigenvalue weighted by atomic mass is 10.1. The van der Waals surface area contributed by atoms with Gasteiger partial charge in [0, 0.05) is 19.0 Å². The molecule has 0 aromatic heterocycles. The Balaban J connectivity index is 3.35. The van der Waals surface area contributed by atoms with E-state index in [0.717, 1.165) is 0 Å². The number of nitrogens with one attached hydrogen (secondary N) is 1. The third-order valence-corrected chi connectivity index (χ3v) is 1.74. The van der Waals surface area contributed by atoms with Crippen LogP contribution < -0.4 is 16.8 Å². The zero-order valence-corrected chi connectivity index (χ0v) is 8.77. The van der Waals surface area contributed by atoms with Crippen molar-refractivity contribution in [2.45, 2.75) is 6.92 Å². The predicted octanol–water partition coefficient (Wildman–Crippen LogP) is -1.54. The van der Waals surface area contributed by atoms with E-state index in [1.165, 1.54) is 0 Å². The number of amidine groups is 1. The molecular formula is C8H18N4O3. The Bertz CT molecular complexity index is 220. The largest absolute Gasteiger partial charge is 0.409 e. The van der Waals surface area contributed by atoms with Crippen LogP contribution in [0.25, 0.3) is 0 Å². The van der Waals surface area contributed by atoms with Crippen LogP contribution >= 0.6 is 0 Å². The number of ether oxygens (including phenoxy) is 1. The Morgan fingerprint density at radius 1 is 1.60 bits per heavy atom. The highest BCUT2D eigenvalue weighted by atomic mass is 16.5. The molecule has 0 aromatic carbocycles. The number of hydrogen-bond donors (Lipinski definition) is 4. The molecule has 0 aliphatic heterocycles. The van der Waals surface area contributed by atoms with Gasteiger partial charge in [0.05, 0.1) is 6.61 Å². The predicted molar refractivity (Wildman–Crippen MR) is 55.5 cm³/mol. The average Bonchev–Trinajstić information content (AvgIpc) is 2.21. The van der Waals surface area contributed by atoms with Crippen molar-refractivity contribution in [1.29, 1.82) is 0 Å². The summed E-state index contributed by atoms with van der Waals surface area (Å²) in [5.74, 6) is -0.355. The van der Waals surface area contributed by atoms with Gasteiger partial charge in [-0.15, -0.1) is 0 Å². The molecule has 0 radical (unpaired) electrons. The Morgan fingerprint density at radius 3 is 2.80 bits per heavy atom. The van der Waals surface area contributed by atoms with E-state index in [2.05, 4.69) is 10.5 Å². The molecule has 0 aliphatic rings. The number of nitrogens with two attached hydrogens (primary N) is 2. The van der Waals surface area contributed by atoms with Crippen LogP contribution in [0.5, 0.6) is 0 Å². The Morgan fingerprint density at radius 2 is 2.27 bits per heavy atom. The molecular weight excluding hydrogens is 200 g/mol. The van der Waals surface area contributed by atoms with Gasteiger partial charge in [-0.3, -0.25) is 4.79 Å². The van der Waals surface area contributed by atoms with Gasteiger partial charge in [-0.05, 0) is 0 Å². The van der Waals surface area contributed by atoms with Gasteiger partial charge in [0.15, 0.2) is 0 Å². The molecule has 0 aromatic rings. The first kappa shape index (κ1) is 13.7. The van der Waals surface area contributed by atoms with E-state index < -0.39 is 5.91 Å². The van der Waals surface area contributed by atoms with Crippen LogP contribution in [0.3, 0.4) is 0 Å². The number of nitrogens with zero attached hydrogens (tertiary/aromatic N) is 1. The average molecular weight is 218 g/mol. The lowest BCUT2D eigenvalue weighted by Crippen LogP contribution is -2.33. The maximum atomic E-state index is 10.3. The molecule has 0 fully saturated rings. The molecule has 7 heteroatoms. The molecule has 15 heavy (non-hydrogen) atoms. The van der Waals surface area contributed by atoms with Crippen molar-refractivity contribution in [3.8, 4) is 0 Å². The lowest BCUT2D eigenvalue weighted by molar-refractivity contribution is -0.122. The standard InChI is InChI=1S/C8H18N4O3/c1-6(8(10)12-14)4-11-2-3-15-5-7(9)13/h6,11,14H,2-5H2,1H3,(H2,9,13)(H2,10,12). The van der Waals surface area contributed by atoms with Crippen LogP contribution in [-0.2, 0) is 9.53 Å². The number of amides is 1. The maximum Gasteiger partial charge on any atom is 0.243 e. The van der Waals surface area contributed by atoms with Gasteiger partial charge < -0.3 is 26.7 Å². The van der Waals surface area contributed by atoms with Crippen LogP contribution in [0.15, 0.2) is 5.16 Å². The molecule has 0 aliphatic carbocycles. The van der Waals surface area contributed by atoms with Crippen molar-refractivity contribution in [2.24, 2.45) is 22.5 Å². The molecule has 6 N–H and O–H groups in total. The SMILES string of the molecule is CC(CNCCOCC(N)=O)C(N)=NO. The Labute approximate surface area is 88.4 Å². The summed E-state index contributed by atoms with van der Waals surface area (Å²) in [6.45, 7) is 3.31. The van der Waals surface area contributed by atoms with Crippen LogP contribution in [0, 0.1) is 5.92 Å². The first-order chi connectivity index (χ1) is 7.07. The normalized spacial score (nSPS) is 13.8. The molecule has 0 saturated carbocycles. The summed E-state index contributed by atoms with van der Waals surface area (Å²) < 4.78 is 4.92. The van der Waals surface area contributed by atoms with E-state index in [0.29, 0.717) is 19.7 Å². The molecule has 0 saturated heterocycles. The molecule has 1 unspecified atom stereocenters. The molecule has 88 valence electrons. The van der Waals surface area contributed by atoms with Gasteiger partial charge in [0.25, 0.3) is 0 Å². The van der Waals surface area contributed by atoms with Crippen LogP contribution in [-0.4, -0.2) is 43.3 Å². The summed E-state index contributed by atoms with van der Waals surface area (Å²) in [6.07, 6.45) is 0. The second-order valence-electron chi connectivity index (χ2n) is 3.15. The molecule has 0 bridgehead atoms. The summed E-state index contributed by atoms with van der Waals surface area (Å²) in [5.41, 5.74) is 10.2. The van der Waals surface area contributed by atoms with Gasteiger partial charge in [-0.1, -0.05) is 12.1 Å². The van der Waals surface area contributed by atoms with Crippen molar-refractivity contribution >= 4 is 11.7 Å². The van der Waals surface area contributed by atoms with Crippen molar-refractivity contribution < 1.29 is 14.7 Å². The highest BCUT2D eigenvalue weighted by molar-refractivity contribution is 5.82. The third-order valence-electron chi connectivity index (χ3n) is 1.74. The fourth-order valence-corrected chi connectivity index (χ4v) is 0.839. The minimum atomic E-state index is -0.486. The Hall–Kier alpha value is -1.34. The molecule has 7 nitrogen and oxygen atoms in total. The van der Waals surface area contributed by atoms with Gasteiger partial charge in [0.1, 0.15) is 12.4 Å². The van der Waals surface area contributed by atoms with Crippen molar-refractivity contribution in [1.82, 2.24) is 5.32 Å². The maximum absolute atomic E-state index is 10.3. The highest BCUT2D eigenvalue weighted by Gasteiger charge is 2.05. The van der Waals surface area contributed by atoms with Crippen molar-refractivity contribution in [3.63, 3.8) is 0 Å². The van der Waals surface area contributed by atoms with Gasteiger partial charge in [0.2, 0.25) is 5.91 Å². The monoisotopic (exact) mass is 218 g/mol. The lowest BCUT2D eigenvalue weighted by Gasteiger charge is -2.10. The second kappa shape index (κ2) is 8.01. The second-order valence-corrected chi connectivity index (χ2v) is 3.15. The fraction of sp³-hybridized carbons (Fsp3) is 0.750. The minimum absolute atomic E-state index is 0.0499. The quantitative estimate of drug-likeness (QED) is 0.129. The first-order valence-corrected chi connectivity index (χ1v) is 4.62. The van der Waals surface area contributed by atoms with Crippen LogP contribution in [0.1, 0.15) is 6.92 Å². The molecule has 0 rings (SSSR count). The zero-order valence-electron chi connectivity index (χ0n) is 8.77.